The number of likely N-dealkylation sites (N-methyl/N-ethyl adjacent to an activating group) is 2. The van der Waals surface area contributed by atoms with Gasteiger partial charge >= 0.3 is 5.97 Å². The van der Waals surface area contributed by atoms with E-state index in [1.54, 1.807) is 0 Å². The van der Waals surface area contributed by atoms with E-state index in [1.807, 2.05) is 30.3 Å². The molecule has 0 aromatic heterocycles. The Morgan fingerprint density at radius 2 is 1.73 bits per heavy atom. The molecule has 0 saturated heterocycles. The highest BCUT2D eigenvalue weighted by molar-refractivity contribution is 5.76. The van der Waals surface area contributed by atoms with Gasteiger partial charge in [0.05, 0.1) is 53.5 Å². The lowest BCUT2D eigenvalue weighted by Gasteiger charge is -2.41. The van der Waals surface area contributed by atoms with E-state index in [9.17, 15) is 4.79 Å². The van der Waals surface area contributed by atoms with Crippen molar-refractivity contribution in [2.45, 2.75) is 26.3 Å². The first-order valence-electron chi connectivity index (χ1n) is 10.6. The fraction of sp³-hybridized carbons (Fsp3) is 0.609. The first-order chi connectivity index (χ1) is 13.4. The van der Waals surface area contributed by atoms with Crippen molar-refractivity contribution in [3.63, 3.8) is 0 Å². The van der Waals surface area contributed by atoms with Gasteiger partial charge in [0.25, 0.3) is 0 Å². The predicted molar refractivity (Wildman–Crippen MR) is 113 cm³/mol. The van der Waals surface area contributed by atoms with Gasteiger partial charge in [0.15, 0.2) is 0 Å². The number of rotatable bonds is 11. The molecule has 172 valence electrons. The van der Waals surface area contributed by atoms with E-state index < -0.39 is 0 Å². The molecule has 1 aromatic rings. The van der Waals surface area contributed by atoms with E-state index >= 15 is 0 Å². The average Bonchev–Trinajstić information content (AvgIpc) is 2.71. The molecule has 0 fully saturated rings. The molecule has 0 saturated carbocycles. The molecule has 0 N–H and O–H groups in total. The fourth-order valence-electron chi connectivity index (χ4n) is 3.72. The van der Waals surface area contributed by atoms with Gasteiger partial charge in [-0.05, 0) is 19.9 Å². The standard InChI is InChI=1S/C23H38N2O3.2HI/c1-5-24(3,6-2)17-18-27-19-20-28-23(26)22(21-13-9-7-10-14-21)25(4)15-11-8-12-16-25;;/h7-11,13-14,22H,5-6,12,15-20H2,1-4H3;2*1H/q+2;;/p-2. The van der Waals surface area contributed by atoms with Crippen molar-refractivity contribution in [1.29, 1.82) is 0 Å². The van der Waals surface area contributed by atoms with Crippen molar-refractivity contribution in [1.82, 2.24) is 0 Å². The summed E-state index contributed by atoms with van der Waals surface area (Å²) in [6.07, 6.45) is 5.36. The third-order valence-corrected chi connectivity index (χ3v) is 6.23. The maximum absolute atomic E-state index is 13.0. The number of halogens is 2. The Kier molecular flexibility index (Phi) is 14.6. The zero-order chi connectivity index (χ0) is 20.5. The molecular weight excluding hydrogens is 606 g/mol. The van der Waals surface area contributed by atoms with Crippen LogP contribution in [-0.2, 0) is 14.3 Å². The zero-order valence-corrected chi connectivity index (χ0v) is 23.2. The molecule has 2 rings (SSSR count). The quantitative estimate of drug-likeness (QED) is 0.0860. The SMILES string of the molecule is CC[N+](C)(CC)CCOCCOC(=O)C(c1ccccc1)[N+]1(C)CC=CCC1.[I-].[I-]. The van der Waals surface area contributed by atoms with Crippen LogP contribution in [0.4, 0.5) is 0 Å². The molecule has 0 amide bonds. The Labute approximate surface area is 217 Å². The van der Waals surface area contributed by atoms with Gasteiger partial charge in [-0.15, -0.1) is 0 Å². The van der Waals surface area contributed by atoms with Crippen molar-refractivity contribution in [3.8, 4) is 0 Å². The minimum atomic E-state index is -0.300. The number of carbonyl (C=O) groups is 1. The van der Waals surface area contributed by atoms with Crippen LogP contribution in [0.1, 0.15) is 31.9 Å². The van der Waals surface area contributed by atoms with Gasteiger partial charge < -0.3 is 66.4 Å². The molecule has 1 aliphatic heterocycles. The Morgan fingerprint density at radius 3 is 2.30 bits per heavy atom. The molecule has 0 aliphatic carbocycles. The summed E-state index contributed by atoms with van der Waals surface area (Å²) in [7, 11) is 4.39. The summed E-state index contributed by atoms with van der Waals surface area (Å²) < 4.78 is 13.0. The number of hydrogen-bond acceptors (Lipinski definition) is 3. The minimum absolute atomic E-state index is 0. The van der Waals surface area contributed by atoms with E-state index in [0.717, 1.165) is 49.2 Å². The highest BCUT2D eigenvalue weighted by atomic mass is 127. The molecule has 0 spiro atoms. The van der Waals surface area contributed by atoms with Crippen LogP contribution in [0, 0.1) is 0 Å². The van der Waals surface area contributed by atoms with Crippen LogP contribution >= 0.6 is 0 Å². The Morgan fingerprint density at radius 1 is 1.07 bits per heavy atom. The van der Waals surface area contributed by atoms with E-state index in [0.29, 0.717) is 24.3 Å². The number of esters is 1. The molecule has 5 nitrogen and oxygen atoms in total. The normalized spacial score (nSPS) is 19.3. The Bertz CT molecular complexity index is 639. The van der Waals surface area contributed by atoms with Crippen molar-refractivity contribution in [2.75, 3.05) is 66.6 Å². The zero-order valence-electron chi connectivity index (χ0n) is 18.9. The van der Waals surface area contributed by atoms with E-state index in [1.165, 1.54) is 0 Å². The fourth-order valence-corrected chi connectivity index (χ4v) is 3.72. The van der Waals surface area contributed by atoms with Crippen LogP contribution in [0.2, 0.25) is 0 Å². The van der Waals surface area contributed by atoms with Crippen molar-refractivity contribution < 1.29 is 71.2 Å². The van der Waals surface area contributed by atoms with Gasteiger partial charge in [-0.3, -0.25) is 0 Å². The average molecular weight is 644 g/mol. The lowest BCUT2D eigenvalue weighted by Crippen LogP contribution is -3.00. The monoisotopic (exact) mass is 644 g/mol. The van der Waals surface area contributed by atoms with Gasteiger partial charge in [-0.25, -0.2) is 4.79 Å². The number of quaternary nitrogens is 2. The van der Waals surface area contributed by atoms with Crippen molar-refractivity contribution in [2.24, 2.45) is 0 Å². The topological polar surface area (TPSA) is 35.5 Å². The first kappa shape index (κ1) is 29.8. The van der Waals surface area contributed by atoms with Crippen LogP contribution in [-0.4, -0.2) is 81.6 Å². The second kappa shape index (κ2) is 14.8. The summed E-state index contributed by atoms with van der Waals surface area (Å²) in [5.74, 6) is -0.157. The van der Waals surface area contributed by atoms with Crippen LogP contribution in [0.25, 0.3) is 0 Å². The summed E-state index contributed by atoms with van der Waals surface area (Å²) in [5, 5.41) is 0. The third kappa shape index (κ3) is 8.72. The van der Waals surface area contributed by atoms with Gasteiger partial charge in [0.2, 0.25) is 6.04 Å². The molecule has 7 heteroatoms. The van der Waals surface area contributed by atoms with Crippen molar-refractivity contribution in [3.05, 3.63) is 48.0 Å². The third-order valence-electron chi connectivity index (χ3n) is 6.23. The number of benzene rings is 1. The molecule has 2 unspecified atom stereocenters. The molecule has 1 aromatic carbocycles. The van der Waals surface area contributed by atoms with Gasteiger partial charge in [-0.2, -0.15) is 0 Å². The lowest BCUT2D eigenvalue weighted by atomic mass is 10.0. The molecular formula is C23H38I2N2O3. The second-order valence-corrected chi connectivity index (χ2v) is 8.21. The smallest absolute Gasteiger partial charge is 0.370 e. The maximum atomic E-state index is 13.0. The summed E-state index contributed by atoms with van der Waals surface area (Å²) >= 11 is 0. The maximum Gasteiger partial charge on any atom is 0.370 e. The van der Waals surface area contributed by atoms with Crippen LogP contribution in [0.3, 0.4) is 0 Å². The molecule has 0 bridgehead atoms. The molecule has 1 aliphatic rings. The van der Waals surface area contributed by atoms with Gasteiger partial charge in [0.1, 0.15) is 13.2 Å². The predicted octanol–water partition coefficient (Wildman–Crippen LogP) is -2.81. The van der Waals surface area contributed by atoms with Crippen LogP contribution in [0.5, 0.6) is 0 Å². The van der Waals surface area contributed by atoms with E-state index in [2.05, 4.69) is 40.1 Å². The summed E-state index contributed by atoms with van der Waals surface area (Å²) in [4.78, 5) is 13.0. The van der Waals surface area contributed by atoms with Gasteiger partial charge in [0, 0.05) is 12.0 Å². The summed E-state index contributed by atoms with van der Waals surface area (Å²) in [6, 6.07) is 9.71. The number of ether oxygens (including phenoxy) is 2. The molecule has 1 heterocycles. The lowest BCUT2D eigenvalue weighted by molar-refractivity contribution is -0.926. The highest BCUT2D eigenvalue weighted by Gasteiger charge is 2.40. The number of carbonyl (C=O) groups excluding carboxylic acids is 1. The molecule has 2 atom stereocenters. The summed E-state index contributed by atoms with van der Waals surface area (Å²) in [5.41, 5.74) is 1.02. The minimum Gasteiger partial charge on any atom is -1.00 e. The van der Waals surface area contributed by atoms with Crippen LogP contribution < -0.4 is 48.0 Å². The van der Waals surface area contributed by atoms with Gasteiger partial charge in [-0.1, -0.05) is 36.4 Å². The first-order valence-corrected chi connectivity index (χ1v) is 10.6. The van der Waals surface area contributed by atoms with Crippen molar-refractivity contribution >= 4 is 5.97 Å². The second-order valence-electron chi connectivity index (χ2n) is 8.21. The van der Waals surface area contributed by atoms with E-state index in [-0.39, 0.29) is 60.0 Å². The Balaban J connectivity index is 0.00000420. The highest BCUT2D eigenvalue weighted by Crippen LogP contribution is 2.30. The molecule has 30 heavy (non-hydrogen) atoms. The largest absolute Gasteiger partial charge is 1.00 e. The van der Waals surface area contributed by atoms with Crippen LogP contribution in [0.15, 0.2) is 42.5 Å². The molecule has 0 radical (unpaired) electrons. The summed E-state index contributed by atoms with van der Waals surface area (Å²) in [6.45, 7) is 10.8. The number of hydrogen-bond donors (Lipinski definition) is 0. The number of nitrogens with zero attached hydrogens (tertiary/aromatic N) is 2. The van der Waals surface area contributed by atoms with E-state index in [4.69, 9.17) is 9.47 Å². The Hall–Kier alpha value is -0.230.